The number of rotatable bonds is 14. The Balaban J connectivity index is 1.08. The molecular weight excluding hydrogens is 684 g/mol. The Morgan fingerprint density at radius 2 is 1.76 bits per heavy atom. The molecule has 2 bridgehead atoms. The van der Waals surface area contributed by atoms with Crippen LogP contribution in [0.2, 0.25) is 0 Å². The predicted octanol–water partition coefficient (Wildman–Crippen LogP) is 7.01. The number of hydrogen-bond donors (Lipinski definition) is 2. The number of carbonyl (C=O) groups is 2. The van der Waals surface area contributed by atoms with Gasteiger partial charge in [-0.1, -0.05) is 89.3 Å². The zero-order valence-electron chi connectivity index (χ0n) is 33.3. The van der Waals surface area contributed by atoms with Gasteiger partial charge in [-0.15, -0.1) is 0 Å². The number of hydrogen-bond acceptors (Lipinski definition) is 9. The lowest BCUT2D eigenvalue weighted by Crippen LogP contribution is -2.69. The summed E-state index contributed by atoms with van der Waals surface area (Å²) in [5.74, 6) is -0.337. The van der Waals surface area contributed by atoms with Crippen molar-refractivity contribution in [2.75, 3.05) is 13.2 Å². The van der Waals surface area contributed by atoms with Crippen molar-refractivity contribution in [3.8, 4) is 0 Å². The van der Waals surface area contributed by atoms with Crippen molar-refractivity contribution in [2.45, 2.75) is 179 Å². The van der Waals surface area contributed by atoms with Gasteiger partial charge in [-0.3, -0.25) is 14.4 Å². The first-order chi connectivity index (χ1) is 26.0. The average Bonchev–Trinajstić information content (AvgIpc) is 3.43. The minimum atomic E-state index is -1.25. The van der Waals surface area contributed by atoms with Gasteiger partial charge in [0.05, 0.1) is 24.9 Å². The predicted molar refractivity (Wildman–Crippen MR) is 204 cm³/mol. The Hall–Kier alpha value is -2.34. The molecule has 3 saturated carbocycles. The van der Waals surface area contributed by atoms with Crippen molar-refractivity contribution < 1.29 is 38.5 Å². The highest BCUT2D eigenvalue weighted by Crippen LogP contribution is 2.60. The summed E-state index contributed by atoms with van der Waals surface area (Å²) in [6.45, 7) is 11.7. The van der Waals surface area contributed by atoms with E-state index in [1.54, 1.807) is 5.06 Å². The van der Waals surface area contributed by atoms with E-state index in [1.807, 2.05) is 0 Å². The van der Waals surface area contributed by atoms with Crippen LogP contribution in [0.25, 0.3) is 6.08 Å². The molecule has 54 heavy (non-hydrogen) atoms. The summed E-state index contributed by atoms with van der Waals surface area (Å²) in [5, 5.41) is 14.3. The molecule has 0 radical (unpaired) electrons. The molecule has 10 unspecified atom stereocenters. The van der Waals surface area contributed by atoms with Gasteiger partial charge in [0.1, 0.15) is 29.8 Å². The van der Waals surface area contributed by atoms with Gasteiger partial charge < -0.3 is 29.4 Å². The first kappa shape index (κ1) is 38.5. The minimum absolute atomic E-state index is 0.0480. The fourth-order valence-corrected chi connectivity index (χ4v) is 11.4. The van der Waals surface area contributed by atoms with Gasteiger partial charge in [-0.25, -0.2) is 0 Å². The third-order valence-electron chi connectivity index (χ3n) is 14.4. The van der Waals surface area contributed by atoms with Gasteiger partial charge in [0, 0.05) is 25.8 Å². The molecule has 10 atom stereocenters. The van der Waals surface area contributed by atoms with Crippen LogP contribution in [0.3, 0.4) is 0 Å². The first-order valence-corrected chi connectivity index (χ1v) is 21.3. The second-order valence-electron chi connectivity index (χ2n) is 18.6. The number of amides is 1. The number of unbranched alkanes of at least 4 members (excludes halogenated alkanes) is 4. The molecule has 4 heterocycles. The lowest BCUT2D eigenvalue weighted by Gasteiger charge is -2.53. The molecule has 4 saturated heterocycles. The molecule has 7 aliphatic rings. The molecule has 1 amide bonds. The van der Waals surface area contributed by atoms with Crippen LogP contribution < -0.4 is 5.32 Å². The van der Waals surface area contributed by atoms with E-state index >= 15 is 0 Å². The Morgan fingerprint density at radius 1 is 1.00 bits per heavy atom. The molecule has 3 aliphatic carbocycles. The number of hydroxylamine groups is 2. The maximum atomic E-state index is 14.3. The highest BCUT2D eigenvalue weighted by atomic mass is 16.8. The molecule has 2 N–H and O–H groups in total. The number of nitrogens with one attached hydrogen (secondary N) is 1. The largest absolute Gasteiger partial charge is 0.458 e. The monoisotopic (exact) mass is 748 g/mol. The molecule has 8 rings (SSSR count). The van der Waals surface area contributed by atoms with E-state index in [0.29, 0.717) is 29.9 Å². The van der Waals surface area contributed by atoms with Gasteiger partial charge in [-0.05, 0) is 80.2 Å². The summed E-state index contributed by atoms with van der Waals surface area (Å²) in [6.07, 6.45) is 14.0. The number of ether oxygens (including phenoxy) is 4. The molecule has 0 spiro atoms. The molecule has 298 valence electrons. The minimum Gasteiger partial charge on any atom is -0.458 e. The maximum absolute atomic E-state index is 14.3. The van der Waals surface area contributed by atoms with Crippen LogP contribution >= 0.6 is 0 Å². The zero-order valence-corrected chi connectivity index (χ0v) is 33.3. The summed E-state index contributed by atoms with van der Waals surface area (Å²) in [6, 6.07) is 7.54. The van der Waals surface area contributed by atoms with Gasteiger partial charge in [0.2, 0.25) is 5.91 Å². The number of epoxide rings is 1. The lowest BCUT2D eigenvalue weighted by atomic mass is 9.52. The fourth-order valence-electron chi connectivity index (χ4n) is 11.4. The van der Waals surface area contributed by atoms with E-state index in [1.165, 1.54) is 18.4 Å². The van der Waals surface area contributed by atoms with Crippen molar-refractivity contribution in [2.24, 2.45) is 22.7 Å². The van der Waals surface area contributed by atoms with E-state index < -0.39 is 47.6 Å². The van der Waals surface area contributed by atoms with Gasteiger partial charge >= 0.3 is 5.97 Å². The third kappa shape index (κ3) is 6.78. The summed E-state index contributed by atoms with van der Waals surface area (Å²) in [5.41, 5.74) is 2.79. The third-order valence-corrected chi connectivity index (χ3v) is 14.4. The Bertz CT molecular complexity index is 1590. The standard InChI is InChI=1S/C44H64N2O8/c1-6-8-10-18-43(19-11-9-7-2)52-35-33-26-44(40(49)45-21-22-47)37(39(48)50-33)46(54-38(44)36(35)53-43)27-29-14-12-13-28(23-29)24-30-15-16-34-42(5,51-34)20-17-32-31(30)25-41(32,3)4/h12-14,23-24,31-38,47H,6-11,15-22,25-27H2,1-5H3,(H,45,49). The summed E-state index contributed by atoms with van der Waals surface area (Å²) < 4.78 is 26.3. The van der Waals surface area contributed by atoms with Gasteiger partial charge in [0.25, 0.3) is 0 Å². The molecule has 10 heteroatoms. The van der Waals surface area contributed by atoms with E-state index in [2.05, 4.69) is 70.3 Å². The van der Waals surface area contributed by atoms with Crippen molar-refractivity contribution >= 4 is 18.0 Å². The molecule has 7 fully saturated rings. The topological polar surface area (TPSA) is 119 Å². The molecule has 1 aromatic rings. The Kier molecular flexibility index (Phi) is 10.6. The van der Waals surface area contributed by atoms with Crippen LogP contribution in [-0.4, -0.2) is 83.1 Å². The lowest BCUT2D eigenvalue weighted by molar-refractivity contribution is -0.224. The van der Waals surface area contributed by atoms with E-state index in [0.717, 1.165) is 81.8 Å². The summed E-state index contributed by atoms with van der Waals surface area (Å²) in [7, 11) is 0. The molecule has 4 aliphatic heterocycles. The highest BCUT2D eigenvalue weighted by molar-refractivity contribution is 5.93. The number of allylic oxidation sites excluding steroid dienone is 1. The summed E-state index contributed by atoms with van der Waals surface area (Å²) in [4.78, 5) is 35.3. The van der Waals surface area contributed by atoms with Crippen LogP contribution in [0.1, 0.15) is 136 Å². The van der Waals surface area contributed by atoms with Crippen LogP contribution in [0.5, 0.6) is 0 Å². The number of fused-ring (bicyclic) bond motifs is 6. The fraction of sp³-hybridized carbons (Fsp3) is 0.773. The second-order valence-corrected chi connectivity index (χ2v) is 18.6. The number of aliphatic hydroxyl groups is 1. The van der Waals surface area contributed by atoms with E-state index in [9.17, 15) is 14.7 Å². The van der Waals surface area contributed by atoms with Crippen molar-refractivity contribution in [1.29, 1.82) is 0 Å². The van der Waals surface area contributed by atoms with Gasteiger partial charge in [-0.2, -0.15) is 5.06 Å². The Labute approximate surface area is 322 Å². The van der Waals surface area contributed by atoms with Crippen molar-refractivity contribution in [3.05, 3.63) is 41.0 Å². The van der Waals surface area contributed by atoms with Crippen LogP contribution in [-0.2, 0) is 39.9 Å². The smallest absolute Gasteiger partial charge is 0.327 e. The van der Waals surface area contributed by atoms with Crippen molar-refractivity contribution in [3.63, 3.8) is 0 Å². The molecular formula is C44H64N2O8. The molecule has 10 nitrogen and oxygen atoms in total. The zero-order chi connectivity index (χ0) is 37.9. The number of aliphatic hydroxyl groups excluding tert-OH is 1. The van der Waals surface area contributed by atoms with E-state index in [4.69, 9.17) is 23.8 Å². The van der Waals surface area contributed by atoms with Crippen LogP contribution in [0, 0.1) is 22.7 Å². The first-order valence-electron chi connectivity index (χ1n) is 21.3. The van der Waals surface area contributed by atoms with Crippen molar-refractivity contribution in [1.82, 2.24) is 10.4 Å². The van der Waals surface area contributed by atoms with E-state index in [-0.39, 0.29) is 31.1 Å². The second kappa shape index (κ2) is 14.9. The maximum Gasteiger partial charge on any atom is 0.327 e. The van der Waals surface area contributed by atoms with Crippen LogP contribution in [0.4, 0.5) is 0 Å². The number of carbonyl (C=O) groups excluding carboxylic acids is 2. The normalized spacial score (nSPS) is 39.3. The summed E-state index contributed by atoms with van der Waals surface area (Å²) >= 11 is 0. The number of nitrogens with zero attached hydrogens (tertiary/aromatic N) is 1. The number of benzene rings is 1. The quantitative estimate of drug-likeness (QED) is 0.118. The number of esters is 1. The van der Waals surface area contributed by atoms with Crippen LogP contribution in [0.15, 0.2) is 29.8 Å². The average molecular weight is 749 g/mol. The molecule has 0 aromatic heterocycles. The Morgan fingerprint density at radius 3 is 2.48 bits per heavy atom. The molecule has 1 aromatic carbocycles. The SMILES string of the molecule is CCCCCC1(CCCCC)OC2C3CC4(C(=O)NCCO)C(ON(Cc5cccc(C=C6CCC7OC7(C)CCC7C6CC7(C)C)c5)C4C(=O)O3)C2O1. The highest BCUT2D eigenvalue weighted by Gasteiger charge is 2.76. The van der Waals surface area contributed by atoms with Gasteiger partial charge in [0.15, 0.2) is 11.8 Å².